The molecule has 0 saturated carbocycles. The van der Waals surface area contributed by atoms with Crippen molar-refractivity contribution in [3.8, 4) is 17.6 Å². The summed E-state index contributed by atoms with van der Waals surface area (Å²) in [6, 6.07) is 12.5. The van der Waals surface area contributed by atoms with Gasteiger partial charge in [0.25, 0.3) is 5.91 Å². The molecule has 2 aromatic carbocycles. The first-order chi connectivity index (χ1) is 11.5. The van der Waals surface area contributed by atoms with Gasteiger partial charge in [0.05, 0.1) is 22.7 Å². The predicted octanol–water partition coefficient (Wildman–Crippen LogP) is 4.50. The summed E-state index contributed by atoms with van der Waals surface area (Å²) in [7, 11) is 0. The first kappa shape index (κ1) is 18.3. The van der Waals surface area contributed by atoms with E-state index in [0.29, 0.717) is 33.8 Å². The molecule has 0 aliphatic heterocycles. The molecule has 24 heavy (non-hydrogen) atoms. The van der Waals surface area contributed by atoms with Crippen LogP contribution in [0.2, 0.25) is 0 Å². The van der Waals surface area contributed by atoms with Gasteiger partial charge >= 0.3 is 0 Å². The molecule has 0 aliphatic carbocycles. The highest BCUT2D eigenvalue weighted by Crippen LogP contribution is 2.36. The minimum absolute atomic E-state index is 0.183. The molecule has 0 fully saturated rings. The second kappa shape index (κ2) is 8.71. The van der Waals surface area contributed by atoms with E-state index in [4.69, 9.17) is 14.7 Å². The number of benzene rings is 2. The van der Waals surface area contributed by atoms with Gasteiger partial charge in [0.1, 0.15) is 0 Å². The molecule has 1 N–H and O–H groups in total. The van der Waals surface area contributed by atoms with E-state index >= 15 is 0 Å². The molecule has 0 unspecified atom stereocenters. The van der Waals surface area contributed by atoms with E-state index in [-0.39, 0.29) is 12.5 Å². The normalized spacial score (nSPS) is 9.92. The number of amides is 1. The highest BCUT2D eigenvalue weighted by molar-refractivity contribution is 9.10. The number of carbonyl (C=O) groups is 1. The van der Waals surface area contributed by atoms with E-state index in [9.17, 15) is 4.79 Å². The smallest absolute Gasteiger partial charge is 0.262 e. The fourth-order valence-electron chi connectivity index (χ4n) is 1.94. The molecule has 0 saturated heterocycles. The van der Waals surface area contributed by atoms with Gasteiger partial charge in [-0.3, -0.25) is 4.79 Å². The Bertz CT molecular complexity index is 788. The molecule has 0 spiro atoms. The maximum atomic E-state index is 12.0. The van der Waals surface area contributed by atoms with Crippen LogP contribution in [0.1, 0.15) is 12.5 Å². The molecule has 7 heteroatoms. The third kappa shape index (κ3) is 4.98. The molecule has 0 aliphatic rings. The van der Waals surface area contributed by atoms with Gasteiger partial charge in [0, 0.05) is 16.2 Å². The summed E-state index contributed by atoms with van der Waals surface area (Å²) in [6.45, 7) is 2.07. The quantitative estimate of drug-likeness (QED) is 0.698. The van der Waals surface area contributed by atoms with Crippen molar-refractivity contribution in [2.45, 2.75) is 6.92 Å². The van der Waals surface area contributed by atoms with E-state index in [1.165, 1.54) is 0 Å². The van der Waals surface area contributed by atoms with Crippen molar-refractivity contribution >= 4 is 43.5 Å². The maximum absolute atomic E-state index is 12.0. The van der Waals surface area contributed by atoms with Gasteiger partial charge < -0.3 is 14.8 Å². The van der Waals surface area contributed by atoms with Gasteiger partial charge in [-0.1, -0.05) is 22.0 Å². The van der Waals surface area contributed by atoms with E-state index in [0.717, 1.165) is 4.47 Å². The number of nitrogens with zero attached hydrogens (tertiary/aromatic N) is 1. The van der Waals surface area contributed by atoms with Crippen LogP contribution in [-0.2, 0) is 4.79 Å². The van der Waals surface area contributed by atoms with Crippen LogP contribution in [0.15, 0.2) is 45.3 Å². The number of nitriles is 1. The molecule has 124 valence electrons. The number of nitrogens with one attached hydrogen (secondary N) is 1. The molecule has 1 amide bonds. The molecule has 2 aromatic rings. The molecule has 5 nitrogen and oxygen atoms in total. The molecule has 0 bridgehead atoms. The number of carbonyl (C=O) groups excluding carboxylic acids is 1. The molecule has 0 radical (unpaired) electrons. The largest absolute Gasteiger partial charge is 0.490 e. The molecule has 0 aromatic heterocycles. The molecular weight excluding hydrogens is 440 g/mol. The summed E-state index contributed by atoms with van der Waals surface area (Å²) in [5, 5.41) is 11.8. The highest BCUT2D eigenvalue weighted by atomic mass is 79.9. The summed E-state index contributed by atoms with van der Waals surface area (Å²) < 4.78 is 12.5. The Labute approximate surface area is 156 Å². The molecule has 2 rings (SSSR count). The minimum Gasteiger partial charge on any atom is -0.490 e. The topological polar surface area (TPSA) is 71.3 Å². The lowest BCUT2D eigenvalue weighted by atomic mass is 10.2. The van der Waals surface area contributed by atoms with Crippen LogP contribution in [-0.4, -0.2) is 19.1 Å². The molecule has 0 heterocycles. The van der Waals surface area contributed by atoms with Gasteiger partial charge in [0.15, 0.2) is 18.1 Å². The fourth-order valence-corrected chi connectivity index (χ4v) is 2.89. The van der Waals surface area contributed by atoms with Gasteiger partial charge in [-0.15, -0.1) is 0 Å². The Morgan fingerprint density at radius 1 is 1.25 bits per heavy atom. The average Bonchev–Trinajstić information content (AvgIpc) is 2.54. The standard InChI is InChI=1S/C17H14Br2N2O3/c1-2-23-15-7-11(9-20)6-14(19)17(15)24-10-16(22)21-13-5-3-4-12(18)8-13/h3-8H,2,10H2,1H3,(H,21,22). The Hall–Kier alpha value is -2.04. The lowest BCUT2D eigenvalue weighted by Gasteiger charge is -2.14. The zero-order chi connectivity index (χ0) is 17.5. The van der Waals surface area contributed by atoms with Crippen molar-refractivity contribution in [2.75, 3.05) is 18.5 Å². The van der Waals surface area contributed by atoms with Crippen molar-refractivity contribution in [3.05, 3.63) is 50.9 Å². The summed E-state index contributed by atoms with van der Waals surface area (Å²) in [5.41, 5.74) is 1.11. The van der Waals surface area contributed by atoms with Crippen molar-refractivity contribution in [2.24, 2.45) is 0 Å². The number of rotatable bonds is 6. The van der Waals surface area contributed by atoms with Crippen molar-refractivity contribution in [3.63, 3.8) is 0 Å². The van der Waals surface area contributed by atoms with Gasteiger partial charge in [-0.2, -0.15) is 5.26 Å². The van der Waals surface area contributed by atoms with Gasteiger partial charge in [0.2, 0.25) is 0 Å². The Kier molecular flexibility index (Phi) is 6.64. The zero-order valence-electron chi connectivity index (χ0n) is 12.8. The number of hydrogen-bond acceptors (Lipinski definition) is 4. The first-order valence-electron chi connectivity index (χ1n) is 7.08. The van der Waals surface area contributed by atoms with Crippen LogP contribution in [0.4, 0.5) is 5.69 Å². The third-order valence-electron chi connectivity index (χ3n) is 2.89. The van der Waals surface area contributed by atoms with Crippen LogP contribution in [0.25, 0.3) is 0 Å². The maximum Gasteiger partial charge on any atom is 0.262 e. The number of anilines is 1. The lowest BCUT2D eigenvalue weighted by Crippen LogP contribution is -2.20. The van der Waals surface area contributed by atoms with E-state index in [1.807, 2.05) is 25.1 Å². The fraction of sp³-hybridized carbons (Fsp3) is 0.176. The average molecular weight is 454 g/mol. The zero-order valence-corrected chi connectivity index (χ0v) is 16.0. The van der Waals surface area contributed by atoms with Crippen molar-refractivity contribution in [1.29, 1.82) is 5.26 Å². The second-order valence-corrected chi connectivity index (χ2v) is 6.45. The third-order valence-corrected chi connectivity index (χ3v) is 3.98. The van der Waals surface area contributed by atoms with Gasteiger partial charge in [-0.25, -0.2) is 0 Å². The monoisotopic (exact) mass is 452 g/mol. The van der Waals surface area contributed by atoms with Crippen molar-refractivity contribution < 1.29 is 14.3 Å². The summed E-state index contributed by atoms with van der Waals surface area (Å²) in [6.07, 6.45) is 0. The van der Waals surface area contributed by atoms with Crippen LogP contribution in [0, 0.1) is 11.3 Å². The predicted molar refractivity (Wildman–Crippen MR) is 98.3 cm³/mol. The SMILES string of the molecule is CCOc1cc(C#N)cc(Br)c1OCC(=O)Nc1cccc(Br)c1. The summed E-state index contributed by atoms with van der Waals surface area (Å²) >= 11 is 6.69. The molecular formula is C17H14Br2N2O3. The van der Waals surface area contributed by atoms with E-state index in [1.54, 1.807) is 24.3 Å². The minimum atomic E-state index is -0.299. The lowest BCUT2D eigenvalue weighted by molar-refractivity contribution is -0.118. The highest BCUT2D eigenvalue weighted by Gasteiger charge is 2.14. The Morgan fingerprint density at radius 3 is 2.71 bits per heavy atom. The van der Waals surface area contributed by atoms with Gasteiger partial charge in [-0.05, 0) is 47.1 Å². The van der Waals surface area contributed by atoms with Crippen molar-refractivity contribution in [1.82, 2.24) is 0 Å². The summed E-state index contributed by atoms with van der Waals surface area (Å²) in [4.78, 5) is 12.0. The first-order valence-corrected chi connectivity index (χ1v) is 8.66. The number of ether oxygens (including phenoxy) is 2. The van der Waals surface area contributed by atoms with E-state index < -0.39 is 0 Å². The van der Waals surface area contributed by atoms with Crippen LogP contribution >= 0.6 is 31.9 Å². The number of hydrogen-bond donors (Lipinski definition) is 1. The summed E-state index contributed by atoms with van der Waals surface area (Å²) in [5.74, 6) is 0.505. The van der Waals surface area contributed by atoms with E-state index in [2.05, 4.69) is 37.2 Å². The van der Waals surface area contributed by atoms with Crippen LogP contribution < -0.4 is 14.8 Å². The van der Waals surface area contributed by atoms with Crippen LogP contribution in [0.5, 0.6) is 11.5 Å². The Morgan fingerprint density at radius 2 is 2.04 bits per heavy atom. The number of halogens is 2. The van der Waals surface area contributed by atoms with Crippen LogP contribution in [0.3, 0.4) is 0 Å². The second-order valence-electron chi connectivity index (χ2n) is 4.68. The Balaban J connectivity index is 2.08. The molecule has 0 atom stereocenters.